The molecule has 160 valence electrons. The summed E-state index contributed by atoms with van der Waals surface area (Å²) in [6.07, 6.45) is 2.40. The van der Waals surface area contributed by atoms with E-state index in [0.717, 1.165) is 38.9 Å². The topological polar surface area (TPSA) is 84.2 Å². The third-order valence-electron chi connectivity index (χ3n) is 4.78. The SMILES string of the molecule is COCCCn1c(Sc2ncnc3ccccc23)nnc1-c1ccc(OC)c(OC)c1. The zero-order valence-electron chi connectivity index (χ0n) is 17.6. The molecule has 4 aromatic rings. The molecule has 0 unspecified atom stereocenters. The number of benzene rings is 2. The van der Waals surface area contributed by atoms with Gasteiger partial charge in [0, 0.05) is 31.2 Å². The summed E-state index contributed by atoms with van der Waals surface area (Å²) in [5.74, 6) is 2.05. The molecular formula is C22H23N5O3S. The maximum absolute atomic E-state index is 5.46. The van der Waals surface area contributed by atoms with Gasteiger partial charge < -0.3 is 18.8 Å². The predicted molar refractivity (Wildman–Crippen MR) is 119 cm³/mol. The number of para-hydroxylation sites is 1. The van der Waals surface area contributed by atoms with Gasteiger partial charge in [0.2, 0.25) is 0 Å². The van der Waals surface area contributed by atoms with Gasteiger partial charge in [0.15, 0.2) is 22.5 Å². The zero-order chi connectivity index (χ0) is 21.6. The van der Waals surface area contributed by atoms with Gasteiger partial charge in [0.25, 0.3) is 0 Å². The number of hydrogen-bond donors (Lipinski definition) is 0. The van der Waals surface area contributed by atoms with E-state index in [-0.39, 0.29) is 0 Å². The second kappa shape index (κ2) is 9.76. The monoisotopic (exact) mass is 437 g/mol. The molecule has 0 spiro atoms. The van der Waals surface area contributed by atoms with E-state index in [9.17, 15) is 0 Å². The maximum Gasteiger partial charge on any atom is 0.197 e. The average Bonchev–Trinajstić information content (AvgIpc) is 3.21. The molecule has 0 bridgehead atoms. The minimum Gasteiger partial charge on any atom is -0.493 e. The molecule has 0 aliphatic carbocycles. The summed E-state index contributed by atoms with van der Waals surface area (Å²) in [7, 11) is 4.93. The first-order valence-electron chi connectivity index (χ1n) is 9.77. The van der Waals surface area contributed by atoms with Crippen LogP contribution in [0.5, 0.6) is 11.5 Å². The fraction of sp³-hybridized carbons (Fsp3) is 0.273. The second-order valence-electron chi connectivity index (χ2n) is 6.67. The molecule has 2 aromatic carbocycles. The summed E-state index contributed by atoms with van der Waals surface area (Å²) >= 11 is 1.48. The lowest BCUT2D eigenvalue weighted by molar-refractivity contribution is 0.189. The molecular weight excluding hydrogens is 414 g/mol. The van der Waals surface area contributed by atoms with Gasteiger partial charge in [-0.2, -0.15) is 0 Å². The van der Waals surface area contributed by atoms with E-state index >= 15 is 0 Å². The van der Waals surface area contributed by atoms with Crippen LogP contribution >= 0.6 is 11.8 Å². The minimum absolute atomic E-state index is 0.641. The van der Waals surface area contributed by atoms with Crippen LogP contribution in [0.1, 0.15) is 6.42 Å². The number of nitrogens with zero attached hydrogens (tertiary/aromatic N) is 5. The van der Waals surface area contributed by atoms with Crippen molar-refractivity contribution in [2.45, 2.75) is 23.1 Å². The van der Waals surface area contributed by atoms with Crippen molar-refractivity contribution in [3.63, 3.8) is 0 Å². The number of methoxy groups -OCH3 is 3. The number of hydrogen-bond acceptors (Lipinski definition) is 8. The van der Waals surface area contributed by atoms with E-state index < -0.39 is 0 Å². The Morgan fingerprint density at radius 1 is 0.935 bits per heavy atom. The number of ether oxygens (including phenoxy) is 3. The van der Waals surface area contributed by atoms with Crippen LogP contribution in [0.2, 0.25) is 0 Å². The Kier molecular flexibility index (Phi) is 6.63. The summed E-state index contributed by atoms with van der Waals surface area (Å²) in [6, 6.07) is 13.7. The van der Waals surface area contributed by atoms with E-state index in [0.29, 0.717) is 24.7 Å². The van der Waals surface area contributed by atoms with Crippen molar-refractivity contribution in [1.82, 2.24) is 24.7 Å². The maximum atomic E-state index is 5.46. The van der Waals surface area contributed by atoms with E-state index in [1.54, 1.807) is 27.7 Å². The predicted octanol–water partition coefficient (Wildman–Crippen LogP) is 4.09. The molecule has 0 saturated carbocycles. The Morgan fingerprint density at radius 3 is 2.58 bits per heavy atom. The highest BCUT2D eigenvalue weighted by Gasteiger charge is 2.18. The van der Waals surface area contributed by atoms with Crippen LogP contribution < -0.4 is 9.47 Å². The van der Waals surface area contributed by atoms with Crippen molar-refractivity contribution in [3.8, 4) is 22.9 Å². The average molecular weight is 438 g/mol. The van der Waals surface area contributed by atoms with Crippen LogP contribution in [0.4, 0.5) is 0 Å². The standard InChI is InChI=1S/C22H23N5O3S/c1-28-12-6-11-27-20(15-9-10-18(29-2)19(13-15)30-3)25-26-22(27)31-21-16-7-4-5-8-17(16)23-14-24-21/h4-5,7-10,13-14H,6,11-12H2,1-3H3. The highest BCUT2D eigenvalue weighted by Crippen LogP contribution is 2.35. The van der Waals surface area contributed by atoms with Crippen molar-refractivity contribution in [3.05, 3.63) is 48.8 Å². The molecule has 31 heavy (non-hydrogen) atoms. The van der Waals surface area contributed by atoms with E-state index in [2.05, 4.69) is 24.7 Å². The first-order valence-corrected chi connectivity index (χ1v) is 10.6. The van der Waals surface area contributed by atoms with Gasteiger partial charge in [0.05, 0.1) is 19.7 Å². The van der Waals surface area contributed by atoms with Crippen molar-refractivity contribution in [2.75, 3.05) is 27.9 Å². The third kappa shape index (κ3) is 4.47. The summed E-state index contributed by atoms with van der Waals surface area (Å²) < 4.78 is 18.2. The zero-order valence-corrected chi connectivity index (χ0v) is 18.4. The Balaban J connectivity index is 1.74. The van der Waals surface area contributed by atoms with Gasteiger partial charge in [0.1, 0.15) is 11.4 Å². The lowest BCUT2D eigenvalue weighted by atomic mass is 10.2. The van der Waals surface area contributed by atoms with E-state index in [1.165, 1.54) is 11.8 Å². The lowest BCUT2D eigenvalue weighted by Gasteiger charge is -2.12. The summed E-state index contributed by atoms with van der Waals surface area (Å²) in [5, 5.41) is 11.5. The molecule has 0 aliphatic rings. The van der Waals surface area contributed by atoms with Crippen molar-refractivity contribution in [2.24, 2.45) is 0 Å². The molecule has 0 amide bonds. The lowest BCUT2D eigenvalue weighted by Crippen LogP contribution is -2.05. The Hall–Kier alpha value is -3.17. The number of aromatic nitrogens is 5. The second-order valence-corrected chi connectivity index (χ2v) is 7.63. The molecule has 0 N–H and O–H groups in total. The van der Waals surface area contributed by atoms with Gasteiger partial charge in [-0.1, -0.05) is 18.2 Å². The number of rotatable bonds is 9. The van der Waals surface area contributed by atoms with Gasteiger partial charge in [-0.25, -0.2) is 9.97 Å². The molecule has 2 aromatic heterocycles. The molecule has 8 nitrogen and oxygen atoms in total. The van der Waals surface area contributed by atoms with Gasteiger partial charge in [-0.15, -0.1) is 10.2 Å². The van der Waals surface area contributed by atoms with Crippen molar-refractivity contribution >= 4 is 22.7 Å². The summed E-state index contributed by atoms with van der Waals surface area (Å²) in [5.41, 5.74) is 1.78. The first-order chi connectivity index (χ1) is 15.2. The molecule has 9 heteroatoms. The van der Waals surface area contributed by atoms with Crippen LogP contribution in [0.25, 0.3) is 22.3 Å². The molecule has 0 aliphatic heterocycles. The van der Waals surface area contributed by atoms with Crippen LogP contribution in [-0.2, 0) is 11.3 Å². The largest absolute Gasteiger partial charge is 0.493 e. The Morgan fingerprint density at radius 2 is 1.77 bits per heavy atom. The molecule has 0 radical (unpaired) electrons. The highest BCUT2D eigenvalue weighted by atomic mass is 32.2. The van der Waals surface area contributed by atoms with E-state index in [1.807, 2.05) is 42.5 Å². The molecule has 0 saturated heterocycles. The normalized spacial score (nSPS) is 11.1. The third-order valence-corrected chi connectivity index (χ3v) is 5.79. The van der Waals surface area contributed by atoms with Crippen LogP contribution in [0, 0.1) is 0 Å². The smallest absolute Gasteiger partial charge is 0.197 e. The Bertz CT molecular complexity index is 1180. The van der Waals surface area contributed by atoms with Crippen LogP contribution in [-0.4, -0.2) is 52.7 Å². The number of fused-ring (bicyclic) bond motifs is 1. The first kappa shape index (κ1) is 21.1. The highest BCUT2D eigenvalue weighted by molar-refractivity contribution is 7.99. The molecule has 0 atom stereocenters. The van der Waals surface area contributed by atoms with Crippen LogP contribution in [0.3, 0.4) is 0 Å². The Labute approximate surface area is 184 Å². The molecule has 2 heterocycles. The quantitative estimate of drug-likeness (QED) is 0.286. The summed E-state index contributed by atoms with van der Waals surface area (Å²) in [6.45, 7) is 1.35. The van der Waals surface area contributed by atoms with E-state index in [4.69, 9.17) is 14.2 Å². The molecule has 4 rings (SSSR count). The minimum atomic E-state index is 0.641. The molecule has 0 fully saturated rings. The fourth-order valence-electron chi connectivity index (χ4n) is 3.27. The van der Waals surface area contributed by atoms with Gasteiger partial charge in [-0.3, -0.25) is 0 Å². The fourth-order valence-corrected chi connectivity index (χ4v) is 4.19. The summed E-state index contributed by atoms with van der Waals surface area (Å²) in [4.78, 5) is 8.83. The van der Waals surface area contributed by atoms with Gasteiger partial charge >= 0.3 is 0 Å². The van der Waals surface area contributed by atoms with Crippen LogP contribution in [0.15, 0.2) is 59.0 Å². The van der Waals surface area contributed by atoms with Gasteiger partial charge in [-0.05, 0) is 42.4 Å². The van der Waals surface area contributed by atoms with Crippen molar-refractivity contribution < 1.29 is 14.2 Å². The van der Waals surface area contributed by atoms with Crippen molar-refractivity contribution in [1.29, 1.82) is 0 Å².